The Morgan fingerprint density at radius 3 is 2.48 bits per heavy atom. The van der Waals surface area contributed by atoms with Crippen LogP contribution in [-0.4, -0.2) is 38.5 Å². The number of nitrogens with one attached hydrogen (secondary N) is 3. The summed E-state index contributed by atoms with van der Waals surface area (Å²) in [5.74, 6) is 0.674. The molecule has 0 aliphatic heterocycles. The maximum Gasteiger partial charge on any atom is 0.251 e. The fourth-order valence-corrected chi connectivity index (χ4v) is 1.95. The van der Waals surface area contributed by atoms with Gasteiger partial charge < -0.3 is 16.0 Å². The smallest absolute Gasteiger partial charge is 0.251 e. The highest BCUT2D eigenvalue weighted by Gasteiger charge is 2.04. The number of rotatable bonds is 6. The van der Waals surface area contributed by atoms with Gasteiger partial charge in [0, 0.05) is 36.7 Å². The summed E-state index contributed by atoms with van der Waals surface area (Å²) in [6, 6.07) is 7.31. The van der Waals surface area contributed by atoms with Crippen molar-refractivity contribution in [2.75, 3.05) is 26.7 Å². The Balaban J connectivity index is 0.00000400. The first-order chi connectivity index (χ1) is 9.67. The van der Waals surface area contributed by atoms with E-state index in [1.807, 2.05) is 12.1 Å². The van der Waals surface area contributed by atoms with Crippen LogP contribution in [-0.2, 0) is 0 Å². The van der Waals surface area contributed by atoms with E-state index in [4.69, 9.17) is 0 Å². The topological polar surface area (TPSA) is 65.5 Å². The van der Waals surface area contributed by atoms with Gasteiger partial charge in [-0.3, -0.25) is 9.79 Å². The van der Waals surface area contributed by atoms with Crippen LogP contribution in [0, 0.1) is 0 Å². The Bertz CT molecular complexity index is 468. The molecular weight excluding hydrogens is 447 g/mol. The molecule has 0 bridgehead atoms. The Morgan fingerprint density at radius 1 is 1.19 bits per heavy atom. The van der Waals surface area contributed by atoms with Gasteiger partial charge in [-0.2, -0.15) is 0 Å². The number of hydrogen-bond acceptors (Lipinski definition) is 2. The number of carbonyl (C=O) groups is 1. The van der Waals surface area contributed by atoms with Crippen molar-refractivity contribution in [3.05, 3.63) is 34.3 Å². The zero-order valence-electron chi connectivity index (χ0n) is 12.3. The van der Waals surface area contributed by atoms with E-state index >= 15 is 0 Å². The summed E-state index contributed by atoms with van der Waals surface area (Å²) in [6.07, 6.45) is 1.04. The number of hydrogen-bond donors (Lipinski definition) is 3. The van der Waals surface area contributed by atoms with Crippen molar-refractivity contribution in [1.29, 1.82) is 0 Å². The molecule has 1 rings (SSSR count). The Morgan fingerprint density at radius 2 is 1.86 bits per heavy atom. The molecule has 0 aliphatic carbocycles. The molecule has 0 spiro atoms. The highest BCUT2D eigenvalue weighted by atomic mass is 127. The lowest BCUT2D eigenvalue weighted by Gasteiger charge is -2.11. The van der Waals surface area contributed by atoms with Gasteiger partial charge in [0.15, 0.2) is 5.96 Å². The summed E-state index contributed by atoms with van der Waals surface area (Å²) in [5, 5.41) is 9.16. The van der Waals surface area contributed by atoms with Crippen molar-refractivity contribution in [3.8, 4) is 0 Å². The highest BCUT2D eigenvalue weighted by Crippen LogP contribution is 2.11. The van der Waals surface area contributed by atoms with E-state index in [1.54, 1.807) is 19.2 Å². The largest absolute Gasteiger partial charge is 0.356 e. The van der Waals surface area contributed by atoms with Gasteiger partial charge in [0.05, 0.1) is 0 Å². The molecule has 0 fully saturated rings. The van der Waals surface area contributed by atoms with Crippen molar-refractivity contribution >= 4 is 51.8 Å². The standard InChI is InChI=1S/C14H21BrN4O.HI/c1-3-7-18-14(16-2)19-9-8-17-13(20)11-5-4-6-12(15)10-11;/h4-6,10H,3,7-9H2,1-2H3,(H,17,20)(H2,16,18,19);1H. The number of nitrogens with zero attached hydrogens (tertiary/aromatic N) is 1. The van der Waals surface area contributed by atoms with Crippen molar-refractivity contribution in [3.63, 3.8) is 0 Å². The van der Waals surface area contributed by atoms with E-state index in [2.05, 4.69) is 43.8 Å². The average molecular weight is 469 g/mol. The van der Waals surface area contributed by atoms with Crippen LogP contribution < -0.4 is 16.0 Å². The molecule has 1 aromatic rings. The first kappa shape index (κ1) is 20.2. The van der Waals surface area contributed by atoms with Crippen LogP contribution in [0.15, 0.2) is 33.7 Å². The van der Waals surface area contributed by atoms with Gasteiger partial charge in [-0.1, -0.05) is 28.9 Å². The monoisotopic (exact) mass is 468 g/mol. The number of halogens is 2. The summed E-state index contributed by atoms with van der Waals surface area (Å²) in [5.41, 5.74) is 0.646. The van der Waals surface area contributed by atoms with Gasteiger partial charge in [0.25, 0.3) is 5.91 Å². The van der Waals surface area contributed by atoms with Gasteiger partial charge in [-0.15, -0.1) is 24.0 Å². The van der Waals surface area contributed by atoms with Gasteiger partial charge in [0.1, 0.15) is 0 Å². The molecule has 0 saturated carbocycles. The lowest BCUT2D eigenvalue weighted by molar-refractivity contribution is 0.0954. The second kappa shape index (κ2) is 11.8. The molecule has 0 saturated heterocycles. The Hall–Kier alpha value is -0.830. The minimum atomic E-state index is -0.0791. The second-order valence-corrected chi connectivity index (χ2v) is 5.11. The van der Waals surface area contributed by atoms with E-state index in [9.17, 15) is 4.79 Å². The van der Waals surface area contributed by atoms with E-state index in [-0.39, 0.29) is 29.9 Å². The fourth-order valence-electron chi connectivity index (χ4n) is 1.55. The van der Waals surface area contributed by atoms with Crippen molar-refractivity contribution in [1.82, 2.24) is 16.0 Å². The summed E-state index contributed by atoms with van der Waals surface area (Å²) >= 11 is 3.35. The minimum absolute atomic E-state index is 0. The molecule has 0 heterocycles. The lowest BCUT2D eigenvalue weighted by Crippen LogP contribution is -2.41. The molecule has 118 valence electrons. The molecule has 7 heteroatoms. The van der Waals surface area contributed by atoms with Crippen molar-refractivity contribution < 1.29 is 4.79 Å². The molecule has 5 nitrogen and oxygen atoms in total. The third-order valence-corrected chi connectivity index (χ3v) is 3.05. The molecule has 0 atom stereocenters. The van der Waals surface area contributed by atoms with E-state index in [0.717, 1.165) is 23.4 Å². The number of amides is 1. The fraction of sp³-hybridized carbons (Fsp3) is 0.429. The maximum atomic E-state index is 11.9. The number of guanidine groups is 1. The molecule has 0 radical (unpaired) electrons. The van der Waals surface area contributed by atoms with Crippen LogP contribution in [0.4, 0.5) is 0 Å². The third kappa shape index (κ3) is 8.25. The summed E-state index contributed by atoms with van der Waals surface area (Å²) in [6.45, 7) is 4.14. The van der Waals surface area contributed by atoms with Crippen LogP contribution >= 0.6 is 39.9 Å². The summed E-state index contributed by atoms with van der Waals surface area (Å²) in [4.78, 5) is 16.0. The number of carbonyl (C=O) groups excluding carboxylic acids is 1. The van der Waals surface area contributed by atoms with E-state index in [0.29, 0.717) is 18.7 Å². The summed E-state index contributed by atoms with van der Waals surface area (Å²) in [7, 11) is 1.73. The predicted molar refractivity (Wildman–Crippen MR) is 102 cm³/mol. The van der Waals surface area contributed by atoms with Gasteiger partial charge >= 0.3 is 0 Å². The zero-order chi connectivity index (χ0) is 14.8. The molecule has 3 N–H and O–H groups in total. The van der Waals surface area contributed by atoms with Crippen molar-refractivity contribution in [2.45, 2.75) is 13.3 Å². The first-order valence-electron chi connectivity index (χ1n) is 6.65. The Kier molecular flexibility index (Phi) is 11.3. The zero-order valence-corrected chi connectivity index (χ0v) is 16.2. The van der Waals surface area contributed by atoms with E-state index in [1.165, 1.54) is 0 Å². The van der Waals surface area contributed by atoms with Gasteiger partial charge in [-0.05, 0) is 24.6 Å². The normalized spacial score (nSPS) is 10.5. The molecule has 21 heavy (non-hydrogen) atoms. The molecule has 1 amide bonds. The maximum absolute atomic E-state index is 11.9. The summed E-state index contributed by atoms with van der Waals surface area (Å²) < 4.78 is 0.896. The quantitative estimate of drug-likeness (QED) is 0.260. The second-order valence-electron chi connectivity index (χ2n) is 4.19. The van der Waals surface area contributed by atoms with Crippen molar-refractivity contribution in [2.24, 2.45) is 4.99 Å². The molecule has 0 aliphatic rings. The number of aliphatic imine (C=N–C) groups is 1. The van der Waals surface area contributed by atoms with Crippen LogP contribution in [0.2, 0.25) is 0 Å². The van der Waals surface area contributed by atoms with Gasteiger partial charge in [0.2, 0.25) is 0 Å². The highest BCUT2D eigenvalue weighted by molar-refractivity contribution is 14.0. The SMILES string of the molecule is CCCNC(=NC)NCCNC(=O)c1cccc(Br)c1.I. The van der Waals surface area contributed by atoms with Crippen LogP contribution in [0.1, 0.15) is 23.7 Å². The molecule has 1 aromatic carbocycles. The van der Waals surface area contributed by atoms with Gasteiger partial charge in [-0.25, -0.2) is 0 Å². The average Bonchev–Trinajstić information content (AvgIpc) is 2.46. The predicted octanol–water partition coefficient (Wildman–Crippen LogP) is 2.37. The number of benzene rings is 1. The molecule has 0 unspecified atom stereocenters. The van der Waals surface area contributed by atoms with Crippen LogP contribution in [0.25, 0.3) is 0 Å². The first-order valence-corrected chi connectivity index (χ1v) is 7.45. The van der Waals surface area contributed by atoms with Crippen LogP contribution in [0.5, 0.6) is 0 Å². The van der Waals surface area contributed by atoms with Crippen LogP contribution in [0.3, 0.4) is 0 Å². The van der Waals surface area contributed by atoms with E-state index < -0.39 is 0 Å². The molecule has 0 aromatic heterocycles. The molecular formula is C14H22BrIN4O. The third-order valence-electron chi connectivity index (χ3n) is 2.56. The Labute approximate surface area is 151 Å². The lowest BCUT2D eigenvalue weighted by atomic mass is 10.2. The minimum Gasteiger partial charge on any atom is -0.356 e.